The largest absolute Gasteiger partial charge is 0.355 e. The highest BCUT2D eigenvalue weighted by molar-refractivity contribution is 7.23. The SMILES string of the molecule is CNC(=O)c1ccc(-c2cn3c(n2)sc2cc(C(=O)NCC4(N)CC4)ccc23)cc1. The third-order valence-electron chi connectivity index (χ3n) is 5.52. The van der Waals surface area contributed by atoms with Crippen LogP contribution in [-0.2, 0) is 0 Å². The Hall–Kier alpha value is -3.23. The average Bonchev–Trinajstić information content (AvgIpc) is 3.21. The van der Waals surface area contributed by atoms with E-state index >= 15 is 0 Å². The summed E-state index contributed by atoms with van der Waals surface area (Å²) in [7, 11) is 1.61. The van der Waals surface area contributed by atoms with Gasteiger partial charge in [-0.25, -0.2) is 4.98 Å². The van der Waals surface area contributed by atoms with Gasteiger partial charge in [0.1, 0.15) is 0 Å². The van der Waals surface area contributed by atoms with Crippen LogP contribution in [0, 0.1) is 0 Å². The third-order valence-corrected chi connectivity index (χ3v) is 6.54. The number of hydrogen-bond donors (Lipinski definition) is 3. The van der Waals surface area contributed by atoms with Crippen LogP contribution in [0.25, 0.3) is 26.4 Å². The van der Waals surface area contributed by atoms with Crippen molar-refractivity contribution in [3.63, 3.8) is 0 Å². The van der Waals surface area contributed by atoms with Crippen LogP contribution in [0.1, 0.15) is 33.6 Å². The first-order valence-electron chi connectivity index (χ1n) is 9.77. The molecule has 4 aromatic rings. The molecule has 1 saturated carbocycles. The quantitative estimate of drug-likeness (QED) is 0.463. The molecule has 0 unspecified atom stereocenters. The van der Waals surface area contributed by atoms with E-state index in [1.807, 2.05) is 40.9 Å². The Morgan fingerprint density at radius 1 is 1.13 bits per heavy atom. The molecule has 2 heterocycles. The lowest BCUT2D eigenvalue weighted by Gasteiger charge is -2.10. The Labute approximate surface area is 176 Å². The number of nitrogens with two attached hydrogens (primary N) is 1. The summed E-state index contributed by atoms with van der Waals surface area (Å²) in [6.45, 7) is 0.514. The smallest absolute Gasteiger partial charge is 0.251 e. The van der Waals surface area contributed by atoms with E-state index in [1.165, 1.54) is 11.3 Å². The van der Waals surface area contributed by atoms with Gasteiger partial charge in [-0.3, -0.25) is 14.0 Å². The first kappa shape index (κ1) is 18.8. The molecule has 0 spiro atoms. The highest BCUT2D eigenvalue weighted by Crippen LogP contribution is 2.32. The van der Waals surface area contributed by atoms with Gasteiger partial charge in [-0.15, -0.1) is 0 Å². The van der Waals surface area contributed by atoms with Crippen LogP contribution in [0.15, 0.2) is 48.7 Å². The van der Waals surface area contributed by atoms with Crippen molar-refractivity contribution in [3.8, 4) is 11.3 Å². The summed E-state index contributed by atoms with van der Waals surface area (Å²) in [6.07, 6.45) is 3.91. The zero-order valence-electron chi connectivity index (χ0n) is 16.4. The second-order valence-corrected chi connectivity index (χ2v) is 8.77. The number of carbonyl (C=O) groups excluding carboxylic acids is 2. The molecule has 30 heavy (non-hydrogen) atoms. The van der Waals surface area contributed by atoms with E-state index in [9.17, 15) is 9.59 Å². The van der Waals surface area contributed by atoms with E-state index < -0.39 is 0 Å². The van der Waals surface area contributed by atoms with Gasteiger partial charge in [-0.1, -0.05) is 23.5 Å². The molecule has 5 rings (SSSR count). The molecule has 1 aliphatic carbocycles. The Kier molecular flexibility index (Phi) is 4.34. The fourth-order valence-electron chi connectivity index (χ4n) is 3.41. The maximum absolute atomic E-state index is 12.4. The Morgan fingerprint density at radius 3 is 2.57 bits per heavy atom. The summed E-state index contributed by atoms with van der Waals surface area (Å²) in [5, 5.41) is 5.55. The zero-order valence-corrected chi connectivity index (χ0v) is 17.3. The van der Waals surface area contributed by atoms with E-state index in [-0.39, 0.29) is 17.4 Å². The molecule has 0 radical (unpaired) electrons. The van der Waals surface area contributed by atoms with E-state index in [0.29, 0.717) is 17.7 Å². The van der Waals surface area contributed by atoms with Crippen molar-refractivity contribution in [3.05, 3.63) is 59.8 Å². The molecule has 4 N–H and O–H groups in total. The predicted molar refractivity (Wildman–Crippen MR) is 118 cm³/mol. The number of fused-ring (bicyclic) bond motifs is 3. The van der Waals surface area contributed by atoms with Gasteiger partial charge in [0.05, 0.1) is 15.9 Å². The molecular weight excluding hydrogens is 398 g/mol. The van der Waals surface area contributed by atoms with Crippen LogP contribution in [0.2, 0.25) is 0 Å². The summed E-state index contributed by atoms with van der Waals surface area (Å²) in [5.74, 6) is -0.214. The number of imidazole rings is 1. The second-order valence-electron chi connectivity index (χ2n) is 7.76. The number of benzene rings is 2. The molecule has 0 bridgehead atoms. The summed E-state index contributed by atoms with van der Waals surface area (Å²) in [5.41, 5.74) is 9.86. The minimum absolute atomic E-state index is 0.100. The number of rotatable bonds is 5. The van der Waals surface area contributed by atoms with E-state index in [4.69, 9.17) is 10.7 Å². The van der Waals surface area contributed by atoms with Crippen molar-refractivity contribution in [1.29, 1.82) is 0 Å². The van der Waals surface area contributed by atoms with Gasteiger partial charge in [0.25, 0.3) is 11.8 Å². The predicted octanol–water partition coefficient (Wildman–Crippen LogP) is 2.80. The first-order chi connectivity index (χ1) is 14.5. The minimum Gasteiger partial charge on any atom is -0.355 e. The maximum Gasteiger partial charge on any atom is 0.251 e. The van der Waals surface area contributed by atoms with E-state index in [2.05, 4.69) is 10.6 Å². The van der Waals surface area contributed by atoms with Crippen LogP contribution >= 0.6 is 11.3 Å². The number of carbonyl (C=O) groups is 2. The fourth-order valence-corrected chi connectivity index (χ4v) is 4.46. The molecule has 152 valence electrons. The highest BCUT2D eigenvalue weighted by atomic mass is 32.1. The molecule has 0 aliphatic heterocycles. The lowest BCUT2D eigenvalue weighted by Crippen LogP contribution is -2.38. The number of nitrogens with zero attached hydrogens (tertiary/aromatic N) is 2. The molecule has 0 atom stereocenters. The molecule has 1 aliphatic rings. The van der Waals surface area contributed by atoms with E-state index in [0.717, 1.165) is 39.3 Å². The number of hydrogen-bond acceptors (Lipinski definition) is 5. The minimum atomic E-state index is -0.210. The molecule has 2 aromatic carbocycles. The van der Waals surface area contributed by atoms with Gasteiger partial charge in [-0.05, 0) is 43.2 Å². The average molecular weight is 420 g/mol. The van der Waals surface area contributed by atoms with Crippen LogP contribution in [-0.4, -0.2) is 40.3 Å². The van der Waals surface area contributed by atoms with Crippen molar-refractivity contribution in [2.24, 2.45) is 5.73 Å². The summed E-state index contributed by atoms with van der Waals surface area (Å²) < 4.78 is 3.03. The number of aromatic nitrogens is 2. The number of amides is 2. The van der Waals surface area contributed by atoms with Crippen molar-refractivity contribution in [2.75, 3.05) is 13.6 Å². The van der Waals surface area contributed by atoms with Crippen LogP contribution in [0.5, 0.6) is 0 Å². The van der Waals surface area contributed by atoms with Gasteiger partial charge in [0.15, 0.2) is 4.96 Å². The Morgan fingerprint density at radius 2 is 1.87 bits per heavy atom. The van der Waals surface area contributed by atoms with Gasteiger partial charge >= 0.3 is 0 Å². The number of nitrogens with one attached hydrogen (secondary N) is 2. The molecule has 2 amide bonds. The van der Waals surface area contributed by atoms with Crippen molar-refractivity contribution in [1.82, 2.24) is 20.0 Å². The maximum atomic E-state index is 12.4. The lowest BCUT2D eigenvalue weighted by atomic mass is 10.1. The molecule has 8 heteroatoms. The van der Waals surface area contributed by atoms with Crippen molar-refractivity contribution >= 4 is 38.3 Å². The molecule has 1 fully saturated rings. The summed E-state index contributed by atoms with van der Waals surface area (Å²) in [6, 6.07) is 13.0. The second kappa shape index (κ2) is 6.93. The van der Waals surface area contributed by atoms with Crippen LogP contribution in [0.3, 0.4) is 0 Å². The fraction of sp³-hybridized carbons (Fsp3) is 0.227. The lowest BCUT2D eigenvalue weighted by molar-refractivity contribution is 0.0946. The highest BCUT2D eigenvalue weighted by Gasteiger charge is 2.38. The van der Waals surface area contributed by atoms with Gasteiger partial charge in [0.2, 0.25) is 0 Å². The van der Waals surface area contributed by atoms with Gasteiger partial charge in [0, 0.05) is 42.0 Å². The van der Waals surface area contributed by atoms with Gasteiger partial charge < -0.3 is 16.4 Å². The summed E-state index contributed by atoms with van der Waals surface area (Å²) in [4.78, 5) is 29.7. The molecular formula is C22H21N5O2S. The van der Waals surface area contributed by atoms with Crippen molar-refractivity contribution < 1.29 is 9.59 Å². The standard InChI is InChI=1S/C22H21N5O2S/c1-24-19(28)14-4-2-13(3-5-14)16-11-27-17-7-6-15(10-18(17)30-21(27)26-16)20(29)25-12-22(23)8-9-22/h2-7,10-11H,8-9,12,23H2,1H3,(H,24,28)(H,25,29). The van der Waals surface area contributed by atoms with E-state index in [1.54, 1.807) is 19.2 Å². The molecule has 7 nitrogen and oxygen atoms in total. The van der Waals surface area contributed by atoms with Crippen LogP contribution < -0.4 is 16.4 Å². The van der Waals surface area contributed by atoms with Crippen LogP contribution in [0.4, 0.5) is 0 Å². The topological polar surface area (TPSA) is 102 Å². The first-order valence-corrected chi connectivity index (χ1v) is 10.6. The zero-order chi connectivity index (χ0) is 20.9. The third kappa shape index (κ3) is 3.34. The normalized spacial score (nSPS) is 14.7. The Balaban J connectivity index is 1.41. The molecule has 0 saturated heterocycles. The summed E-state index contributed by atoms with van der Waals surface area (Å²) >= 11 is 1.54. The monoisotopic (exact) mass is 419 g/mol. The molecule has 2 aromatic heterocycles. The number of thiazole rings is 1. The Bertz CT molecular complexity index is 1280. The van der Waals surface area contributed by atoms with Crippen molar-refractivity contribution in [2.45, 2.75) is 18.4 Å². The van der Waals surface area contributed by atoms with Gasteiger partial charge in [-0.2, -0.15) is 0 Å².